The summed E-state index contributed by atoms with van der Waals surface area (Å²) in [5, 5.41) is 14.0. The van der Waals surface area contributed by atoms with E-state index in [1.54, 1.807) is 6.92 Å². The van der Waals surface area contributed by atoms with Crippen molar-refractivity contribution in [2.75, 3.05) is 0 Å². The van der Waals surface area contributed by atoms with Crippen LogP contribution in [0.1, 0.15) is 18.8 Å². The summed E-state index contributed by atoms with van der Waals surface area (Å²) in [5.41, 5.74) is 3.86. The zero-order chi connectivity index (χ0) is 14.2. The first kappa shape index (κ1) is 13.0. The Bertz CT molecular complexity index is 642. The minimum Gasteiger partial charge on any atom is -0.334 e. The highest BCUT2D eigenvalue weighted by atomic mass is 19.1. The Morgan fingerprint density at radius 2 is 2.16 bits per heavy atom. The van der Waals surface area contributed by atoms with Gasteiger partial charge in [-0.05, 0) is 13.0 Å². The van der Waals surface area contributed by atoms with Gasteiger partial charge in [0.25, 0.3) is 5.89 Å². The Labute approximate surface area is 105 Å². The Kier molecular flexibility index (Phi) is 3.21. The molecule has 0 bridgehead atoms. The van der Waals surface area contributed by atoms with Gasteiger partial charge in [-0.15, -0.1) is 0 Å². The predicted octanol–water partition coefficient (Wildman–Crippen LogP) is 1.94. The SMILES string of the molecule is CC(N)c1noc(-c2c(F)ccc([N+](=O)[O-])c2F)n1. The number of halogens is 2. The van der Waals surface area contributed by atoms with Crippen molar-refractivity contribution < 1.29 is 18.2 Å². The van der Waals surface area contributed by atoms with Gasteiger partial charge in [-0.1, -0.05) is 5.16 Å². The molecule has 0 saturated heterocycles. The predicted molar refractivity (Wildman–Crippen MR) is 58.9 cm³/mol. The lowest BCUT2D eigenvalue weighted by molar-refractivity contribution is -0.387. The number of aromatic nitrogens is 2. The van der Waals surface area contributed by atoms with Crippen LogP contribution >= 0.6 is 0 Å². The molecule has 1 heterocycles. The molecule has 1 unspecified atom stereocenters. The van der Waals surface area contributed by atoms with Crippen LogP contribution in [0, 0.1) is 21.7 Å². The molecule has 0 fully saturated rings. The first-order chi connectivity index (χ1) is 8.91. The third-order valence-corrected chi connectivity index (χ3v) is 2.33. The van der Waals surface area contributed by atoms with Gasteiger partial charge in [0.2, 0.25) is 5.82 Å². The molecule has 0 spiro atoms. The molecule has 0 aliphatic heterocycles. The molecule has 7 nitrogen and oxygen atoms in total. The van der Waals surface area contributed by atoms with Crippen LogP contribution < -0.4 is 5.73 Å². The first-order valence-electron chi connectivity index (χ1n) is 5.13. The first-order valence-corrected chi connectivity index (χ1v) is 5.13. The number of nitro groups is 1. The highest BCUT2D eigenvalue weighted by molar-refractivity contribution is 5.60. The summed E-state index contributed by atoms with van der Waals surface area (Å²) >= 11 is 0. The maximum absolute atomic E-state index is 13.8. The molecule has 0 aliphatic rings. The van der Waals surface area contributed by atoms with Gasteiger partial charge >= 0.3 is 5.69 Å². The van der Waals surface area contributed by atoms with Crippen LogP contribution in [-0.2, 0) is 0 Å². The normalized spacial score (nSPS) is 12.4. The average Bonchev–Trinajstić information content (AvgIpc) is 2.78. The van der Waals surface area contributed by atoms with E-state index in [1.165, 1.54) is 0 Å². The van der Waals surface area contributed by atoms with Gasteiger partial charge in [-0.25, -0.2) is 4.39 Å². The third-order valence-electron chi connectivity index (χ3n) is 2.33. The average molecular weight is 270 g/mol. The molecule has 1 aromatic heterocycles. The summed E-state index contributed by atoms with van der Waals surface area (Å²) in [6.45, 7) is 1.55. The molecular formula is C10H8F2N4O3. The zero-order valence-corrected chi connectivity index (χ0v) is 9.63. The van der Waals surface area contributed by atoms with E-state index in [4.69, 9.17) is 5.73 Å². The van der Waals surface area contributed by atoms with Gasteiger partial charge in [0.1, 0.15) is 11.4 Å². The summed E-state index contributed by atoms with van der Waals surface area (Å²) in [7, 11) is 0. The molecule has 1 atom stereocenters. The van der Waals surface area contributed by atoms with Gasteiger partial charge in [0, 0.05) is 6.07 Å². The third kappa shape index (κ3) is 2.27. The van der Waals surface area contributed by atoms with E-state index in [-0.39, 0.29) is 5.82 Å². The second kappa shape index (κ2) is 4.69. The lowest BCUT2D eigenvalue weighted by Gasteiger charge is -2.00. The molecule has 9 heteroatoms. The van der Waals surface area contributed by atoms with E-state index in [0.717, 1.165) is 12.1 Å². The summed E-state index contributed by atoms with van der Waals surface area (Å²) in [6.07, 6.45) is 0. The van der Waals surface area contributed by atoms with E-state index >= 15 is 0 Å². The maximum atomic E-state index is 13.8. The van der Waals surface area contributed by atoms with E-state index in [0.29, 0.717) is 0 Å². The number of benzene rings is 1. The Balaban J connectivity index is 2.60. The van der Waals surface area contributed by atoms with Gasteiger partial charge < -0.3 is 10.3 Å². The largest absolute Gasteiger partial charge is 0.334 e. The molecule has 2 rings (SSSR count). The lowest BCUT2D eigenvalue weighted by Crippen LogP contribution is -2.06. The highest BCUT2D eigenvalue weighted by Crippen LogP contribution is 2.30. The van der Waals surface area contributed by atoms with Crippen molar-refractivity contribution in [1.82, 2.24) is 10.1 Å². The maximum Gasteiger partial charge on any atom is 0.305 e. The second-order valence-corrected chi connectivity index (χ2v) is 3.76. The molecule has 2 N–H and O–H groups in total. The molecule has 100 valence electrons. The summed E-state index contributed by atoms with van der Waals surface area (Å²) in [6, 6.07) is 0.880. The number of nitro benzene ring substituents is 1. The van der Waals surface area contributed by atoms with Crippen molar-refractivity contribution in [2.45, 2.75) is 13.0 Å². The lowest BCUT2D eigenvalue weighted by atomic mass is 10.1. The van der Waals surface area contributed by atoms with Gasteiger partial charge in [-0.3, -0.25) is 10.1 Å². The van der Waals surface area contributed by atoms with Gasteiger partial charge in [0.15, 0.2) is 5.82 Å². The quantitative estimate of drug-likeness (QED) is 0.674. The molecule has 0 saturated carbocycles. The molecule has 0 amide bonds. The van der Waals surface area contributed by atoms with Crippen LogP contribution in [0.5, 0.6) is 0 Å². The Morgan fingerprint density at radius 1 is 1.47 bits per heavy atom. The number of nitrogens with zero attached hydrogens (tertiary/aromatic N) is 3. The fourth-order valence-electron chi connectivity index (χ4n) is 1.40. The van der Waals surface area contributed by atoms with Crippen LogP contribution in [0.15, 0.2) is 16.7 Å². The molecule has 19 heavy (non-hydrogen) atoms. The molecule has 0 radical (unpaired) electrons. The standard InChI is InChI=1S/C10H8F2N4O3/c1-4(13)9-14-10(19-15-9)7-5(11)2-3-6(8(7)12)16(17)18/h2-4H,13H2,1H3. The van der Waals surface area contributed by atoms with Gasteiger partial charge in [-0.2, -0.15) is 9.37 Å². The van der Waals surface area contributed by atoms with Crippen LogP contribution in [0.2, 0.25) is 0 Å². The van der Waals surface area contributed by atoms with E-state index in [2.05, 4.69) is 14.7 Å². The second-order valence-electron chi connectivity index (χ2n) is 3.76. The van der Waals surface area contributed by atoms with Crippen LogP contribution in [-0.4, -0.2) is 15.1 Å². The van der Waals surface area contributed by atoms with Crippen molar-refractivity contribution >= 4 is 5.69 Å². The van der Waals surface area contributed by atoms with Crippen molar-refractivity contribution in [3.8, 4) is 11.5 Å². The fourth-order valence-corrected chi connectivity index (χ4v) is 1.40. The Hall–Kier alpha value is -2.42. The topological polar surface area (TPSA) is 108 Å². The summed E-state index contributed by atoms with van der Waals surface area (Å²) in [5.74, 6) is -2.86. The Morgan fingerprint density at radius 3 is 2.68 bits per heavy atom. The monoisotopic (exact) mass is 270 g/mol. The smallest absolute Gasteiger partial charge is 0.305 e. The number of rotatable bonds is 3. The molecule has 2 aromatic rings. The summed E-state index contributed by atoms with van der Waals surface area (Å²) < 4.78 is 32.1. The number of hydrogen-bond donors (Lipinski definition) is 1. The van der Waals surface area contributed by atoms with E-state index in [9.17, 15) is 18.9 Å². The molecule has 0 aliphatic carbocycles. The summed E-state index contributed by atoms with van der Waals surface area (Å²) in [4.78, 5) is 13.3. The zero-order valence-electron chi connectivity index (χ0n) is 9.63. The molecular weight excluding hydrogens is 262 g/mol. The van der Waals surface area contributed by atoms with Crippen molar-refractivity contribution in [3.05, 3.63) is 39.7 Å². The van der Waals surface area contributed by atoms with E-state index in [1.807, 2.05) is 0 Å². The molecule has 1 aromatic carbocycles. The van der Waals surface area contributed by atoms with Crippen molar-refractivity contribution in [3.63, 3.8) is 0 Å². The van der Waals surface area contributed by atoms with Gasteiger partial charge in [0.05, 0.1) is 11.0 Å². The fraction of sp³-hybridized carbons (Fsp3) is 0.200. The van der Waals surface area contributed by atoms with Crippen molar-refractivity contribution in [1.29, 1.82) is 0 Å². The minimum atomic E-state index is -1.37. The number of nitrogens with two attached hydrogens (primary N) is 1. The van der Waals surface area contributed by atoms with Crippen LogP contribution in [0.4, 0.5) is 14.5 Å². The van der Waals surface area contributed by atoms with Crippen LogP contribution in [0.3, 0.4) is 0 Å². The van der Waals surface area contributed by atoms with E-state index < -0.39 is 39.7 Å². The minimum absolute atomic E-state index is 0.0420. The highest BCUT2D eigenvalue weighted by Gasteiger charge is 2.26. The van der Waals surface area contributed by atoms with Crippen molar-refractivity contribution in [2.24, 2.45) is 5.73 Å². The van der Waals surface area contributed by atoms with Crippen LogP contribution in [0.25, 0.3) is 11.5 Å². The number of hydrogen-bond acceptors (Lipinski definition) is 6.